The van der Waals surface area contributed by atoms with Gasteiger partial charge >= 0.3 is 82.1 Å². The first-order valence-corrected chi connectivity index (χ1v) is 7.30. The van der Waals surface area contributed by atoms with E-state index in [2.05, 4.69) is 32.9 Å². The molecule has 1 rings (SSSR count). The molecule has 0 saturated heterocycles. The molecule has 0 spiro atoms. The Balaban J connectivity index is 3.25. The molecule has 62 valence electrons. The number of hydrogen-bond acceptors (Lipinski definition) is 0. The van der Waals surface area contributed by atoms with Gasteiger partial charge < -0.3 is 0 Å². The normalized spacial score (nSPS) is 10.5. The predicted octanol–water partition coefficient (Wildman–Crippen LogP) is 0.0243. The van der Waals surface area contributed by atoms with Crippen LogP contribution in [0.25, 0.3) is 0 Å². The van der Waals surface area contributed by atoms with Crippen LogP contribution in [0.2, 0.25) is 0 Å². The van der Waals surface area contributed by atoms with E-state index >= 15 is 0 Å². The van der Waals surface area contributed by atoms with Crippen LogP contribution < -0.4 is 20.1 Å². The molecule has 0 fully saturated rings. The van der Waals surface area contributed by atoms with Crippen LogP contribution in [-0.4, -0.2) is 0 Å². The summed E-state index contributed by atoms with van der Waals surface area (Å²) < 4.78 is 1.39. The van der Waals surface area contributed by atoms with Crippen LogP contribution in [0.3, 0.4) is 0 Å². The summed E-state index contributed by atoms with van der Waals surface area (Å²) in [5.74, 6) is 0. The van der Waals surface area contributed by atoms with E-state index < -0.39 is 0 Å². The topological polar surface area (TPSA) is 0 Å². The minimum absolute atomic E-state index is 0.275. The quantitative estimate of drug-likeness (QED) is 0.637. The summed E-state index contributed by atoms with van der Waals surface area (Å²) in [4.78, 5) is 0. The van der Waals surface area contributed by atoms with Crippen molar-refractivity contribution >= 4 is 8.91 Å². The third kappa shape index (κ3) is 2.09. The van der Waals surface area contributed by atoms with Gasteiger partial charge in [0.05, 0.1) is 0 Å². The molecule has 0 radical (unpaired) electrons. The molecular formula is C9H11ClI-. The van der Waals surface area contributed by atoms with Crippen molar-refractivity contribution in [2.24, 2.45) is 0 Å². The molecule has 0 aliphatic carbocycles. The molecule has 0 aliphatic heterocycles. The average Bonchev–Trinajstić information content (AvgIpc) is 1.85. The molecule has 0 unspecified atom stereocenters. The first kappa shape index (κ1) is 9.33. The number of hydrogen-bond donors (Lipinski definition) is 0. The number of aryl methyl sites for hydroxylation is 3. The van der Waals surface area contributed by atoms with E-state index in [4.69, 9.17) is 8.91 Å². The molecule has 1 aromatic carbocycles. The van der Waals surface area contributed by atoms with Crippen LogP contribution in [0, 0.1) is 24.3 Å². The summed E-state index contributed by atoms with van der Waals surface area (Å²) in [5.41, 5.74) is 4.04. The van der Waals surface area contributed by atoms with E-state index in [-0.39, 0.29) is 20.1 Å². The van der Waals surface area contributed by atoms with Crippen molar-refractivity contribution in [1.29, 1.82) is 0 Å². The van der Waals surface area contributed by atoms with Gasteiger partial charge in [-0.15, -0.1) is 0 Å². The minimum atomic E-state index is -0.275. The standard InChI is InChI=1S/C9H11ClI/c1-6-4-7(2)9(11-10)8(3)5-6/h4-5H,1-3H3/q-1. The van der Waals surface area contributed by atoms with Crippen molar-refractivity contribution in [1.82, 2.24) is 0 Å². The molecule has 1 aromatic rings. The third-order valence-electron chi connectivity index (χ3n) is 1.65. The molecule has 0 aliphatic rings. The second-order valence-corrected chi connectivity index (χ2v) is 5.23. The van der Waals surface area contributed by atoms with Gasteiger partial charge in [0.2, 0.25) is 0 Å². The van der Waals surface area contributed by atoms with E-state index in [1.165, 1.54) is 20.3 Å². The summed E-state index contributed by atoms with van der Waals surface area (Å²) in [6, 6.07) is 4.40. The first-order valence-electron chi connectivity index (χ1n) is 3.49. The van der Waals surface area contributed by atoms with Crippen molar-refractivity contribution in [3.8, 4) is 0 Å². The van der Waals surface area contributed by atoms with Crippen molar-refractivity contribution in [2.45, 2.75) is 20.8 Å². The fraction of sp³-hybridized carbons (Fsp3) is 0.333. The molecule has 0 N–H and O–H groups in total. The van der Waals surface area contributed by atoms with Crippen LogP contribution in [0.1, 0.15) is 16.7 Å². The molecule has 0 heterocycles. The van der Waals surface area contributed by atoms with Gasteiger partial charge in [-0.2, -0.15) is 0 Å². The van der Waals surface area contributed by atoms with Crippen LogP contribution in [0.5, 0.6) is 0 Å². The van der Waals surface area contributed by atoms with Crippen LogP contribution in [-0.2, 0) is 0 Å². The molecular weight excluding hydrogens is 270 g/mol. The third-order valence-corrected chi connectivity index (χ3v) is 4.72. The number of halogens is 2. The zero-order chi connectivity index (χ0) is 8.43. The molecule has 0 saturated carbocycles. The molecule has 0 aromatic heterocycles. The van der Waals surface area contributed by atoms with E-state index in [1.54, 1.807) is 0 Å². The fourth-order valence-corrected chi connectivity index (χ4v) is 3.74. The van der Waals surface area contributed by atoms with Crippen molar-refractivity contribution in [3.05, 3.63) is 32.4 Å². The zero-order valence-corrected chi connectivity index (χ0v) is 9.82. The fourth-order valence-electron chi connectivity index (χ4n) is 1.28. The SMILES string of the molecule is Cc1cc(C)c([I-]Cl)c(C)c1. The second kappa shape index (κ2) is 3.76. The average molecular weight is 282 g/mol. The van der Waals surface area contributed by atoms with Gasteiger partial charge in [0.1, 0.15) is 0 Å². The van der Waals surface area contributed by atoms with Crippen LogP contribution >= 0.6 is 8.91 Å². The Morgan fingerprint density at radius 3 is 1.91 bits per heavy atom. The summed E-state index contributed by atoms with van der Waals surface area (Å²) in [7, 11) is 5.90. The number of rotatable bonds is 1. The molecule has 0 amide bonds. The number of benzene rings is 1. The van der Waals surface area contributed by atoms with Crippen molar-refractivity contribution in [2.75, 3.05) is 0 Å². The molecule has 2 heteroatoms. The Labute approximate surface area is 81.9 Å². The summed E-state index contributed by atoms with van der Waals surface area (Å²) in [5, 5.41) is 0. The molecule has 11 heavy (non-hydrogen) atoms. The van der Waals surface area contributed by atoms with Gasteiger partial charge in [0.25, 0.3) is 0 Å². The van der Waals surface area contributed by atoms with E-state index in [0.717, 1.165) is 0 Å². The summed E-state index contributed by atoms with van der Waals surface area (Å²) >= 11 is -0.275. The maximum absolute atomic E-state index is 5.90. The van der Waals surface area contributed by atoms with Gasteiger partial charge in [-0.1, -0.05) is 0 Å². The Hall–Kier alpha value is 0.240. The first-order chi connectivity index (χ1) is 5.15. The summed E-state index contributed by atoms with van der Waals surface area (Å²) in [6.45, 7) is 6.39. The van der Waals surface area contributed by atoms with Gasteiger partial charge in [-0.3, -0.25) is 0 Å². The van der Waals surface area contributed by atoms with Gasteiger partial charge in [-0.25, -0.2) is 0 Å². The monoisotopic (exact) mass is 281 g/mol. The second-order valence-electron chi connectivity index (χ2n) is 2.78. The van der Waals surface area contributed by atoms with Crippen LogP contribution in [0.4, 0.5) is 0 Å². The maximum atomic E-state index is 5.90. The van der Waals surface area contributed by atoms with Crippen LogP contribution in [0.15, 0.2) is 12.1 Å². The Morgan fingerprint density at radius 2 is 1.55 bits per heavy atom. The van der Waals surface area contributed by atoms with Gasteiger partial charge in [-0.05, 0) is 0 Å². The molecule has 0 nitrogen and oxygen atoms in total. The Kier molecular flexibility index (Phi) is 3.19. The summed E-state index contributed by atoms with van der Waals surface area (Å²) in [6.07, 6.45) is 0. The molecule has 0 bridgehead atoms. The van der Waals surface area contributed by atoms with Crippen molar-refractivity contribution < 1.29 is 20.1 Å². The van der Waals surface area contributed by atoms with Crippen molar-refractivity contribution in [3.63, 3.8) is 0 Å². The van der Waals surface area contributed by atoms with Gasteiger partial charge in [0.15, 0.2) is 0 Å². The zero-order valence-electron chi connectivity index (χ0n) is 6.91. The van der Waals surface area contributed by atoms with Gasteiger partial charge in [0, 0.05) is 0 Å². The van der Waals surface area contributed by atoms with E-state index in [0.29, 0.717) is 0 Å². The van der Waals surface area contributed by atoms with E-state index in [9.17, 15) is 0 Å². The molecule has 0 atom stereocenters. The predicted molar refractivity (Wildman–Crippen MR) is 45.2 cm³/mol. The van der Waals surface area contributed by atoms with E-state index in [1.807, 2.05) is 0 Å². The Morgan fingerprint density at radius 1 is 1.09 bits per heavy atom. The Bertz CT molecular complexity index is 245.